The Morgan fingerprint density at radius 3 is 3.06 bits per heavy atom. The van der Waals surface area contributed by atoms with E-state index in [1.54, 1.807) is 39.9 Å². The molecule has 0 bridgehead atoms. The second-order valence-electron chi connectivity index (χ2n) is 2.92. The van der Waals surface area contributed by atoms with E-state index in [-0.39, 0.29) is 0 Å². The molecule has 0 aromatic carbocycles. The zero-order valence-corrected chi connectivity index (χ0v) is 11.2. The van der Waals surface area contributed by atoms with E-state index in [9.17, 15) is 0 Å². The molecule has 0 saturated carbocycles. The van der Waals surface area contributed by atoms with Crippen LogP contribution < -0.4 is 5.32 Å². The minimum atomic E-state index is 0.806. The third kappa shape index (κ3) is 3.39. The standard InChI is InChI=1S/C8H11N5S3/c1-2-3-9-7-12-11-6(16-7)4-14-8-13-10-5-15-8/h5H,2-4H2,1H3,(H,9,12). The van der Waals surface area contributed by atoms with E-state index < -0.39 is 0 Å². The van der Waals surface area contributed by atoms with Gasteiger partial charge in [-0.05, 0) is 6.42 Å². The van der Waals surface area contributed by atoms with E-state index >= 15 is 0 Å². The predicted octanol–water partition coefficient (Wildman–Crippen LogP) is 2.50. The topological polar surface area (TPSA) is 63.6 Å². The van der Waals surface area contributed by atoms with Crippen LogP contribution >= 0.6 is 34.4 Å². The van der Waals surface area contributed by atoms with Crippen LogP contribution in [0.25, 0.3) is 0 Å². The minimum absolute atomic E-state index is 0.806. The molecule has 2 heterocycles. The molecule has 0 aliphatic rings. The monoisotopic (exact) mass is 273 g/mol. The fraction of sp³-hybridized carbons (Fsp3) is 0.500. The second kappa shape index (κ2) is 6.12. The van der Waals surface area contributed by atoms with Gasteiger partial charge in [-0.2, -0.15) is 0 Å². The first kappa shape index (κ1) is 11.7. The lowest BCUT2D eigenvalue weighted by Crippen LogP contribution is -1.98. The molecule has 8 heteroatoms. The lowest BCUT2D eigenvalue weighted by Gasteiger charge is -1.95. The van der Waals surface area contributed by atoms with Gasteiger partial charge in [-0.1, -0.05) is 41.4 Å². The maximum absolute atomic E-state index is 4.11. The van der Waals surface area contributed by atoms with Crippen LogP contribution in [0.15, 0.2) is 9.85 Å². The summed E-state index contributed by atoms with van der Waals surface area (Å²) in [7, 11) is 0. The Labute approximate surface area is 106 Å². The lowest BCUT2D eigenvalue weighted by atomic mass is 10.5. The molecular formula is C8H11N5S3. The first-order valence-electron chi connectivity index (χ1n) is 4.83. The zero-order valence-electron chi connectivity index (χ0n) is 8.71. The molecule has 2 rings (SSSR count). The third-order valence-electron chi connectivity index (χ3n) is 1.65. The normalized spacial score (nSPS) is 10.6. The van der Waals surface area contributed by atoms with Gasteiger partial charge in [0.1, 0.15) is 10.5 Å². The summed E-state index contributed by atoms with van der Waals surface area (Å²) in [6, 6.07) is 0. The van der Waals surface area contributed by atoms with Gasteiger partial charge in [0.2, 0.25) is 5.13 Å². The zero-order chi connectivity index (χ0) is 11.2. The molecule has 0 aliphatic carbocycles. The average molecular weight is 273 g/mol. The van der Waals surface area contributed by atoms with Gasteiger partial charge in [-0.15, -0.1) is 20.4 Å². The minimum Gasteiger partial charge on any atom is -0.360 e. The molecule has 16 heavy (non-hydrogen) atoms. The molecule has 2 aromatic rings. The van der Waals surface area contributed by atoms with Crippen LogP contribution in [0, 0.1) is 0 Å². The highest BCUT2D eigenvalue weighted by Gasteiger charge is 2.05. The summed E-state index contributed by atoms with van der Waals surface area (Å²) in [6.07, 6.45) is 1.09. The maximum atomic E-state index is 4.11. The molecule has 2 aromatic heterocycles. The molecule has 0 saturated heterocycles. The summed E-state index contributed by atoms with van der Waals surface area (Å²) in [5, 5.41) is 21.0. The highest BCUT2D eigenvalue weighted by molar-refractivity contribution is 8.00. The second-order valence-corrected chi connectivity index (χ2v) is 6.04. The lowest BCUT2D eigenvalue weighted by molar-refractivity contribution is 0.957. The number of hydrogen-bond donors (Lipinski definition) is 1. The van der Waals surface area contributed by atoms with Crippen molar-refractivity contribution in [3.05, 3.63) is 10.5 Å². The fourth-order valence-corrected chi connectivity index (χ4v) is 3.20. The van der Waals surface area contributed by atoms with Crippen molar-refractivity contribution in [3.63, 3.8) is 0 Å². The van der Waals surface area contributed by atoms with Crippen LogP contribution in [-0.4, -0.2) is 26.9 Å². The van der Waals surface area contributed by atoms with E-state index in [1.165, 1.54) is 0 Å². The number of nitrogens with one attached hydrogen (secondary N) is 1. The molecule has 0 spiro atoms. The van der Waals surface area contributed by atoms with Gasteiger partial charge in [-0.25, -0.2) is 0 Å². The molecule has 86 valence electrons. The van der Waals surface area contributed by atoms with Gasteiger partial charge in [0, 0.05) is 6.54 Å². The number of nitrogens with zero attached hydrogens (tertiary/aromatic N) is 4. The Morgan fingerprint density at radius 1 is 1.38 bits per heavy atom. The molecule has 0 unspecified atom stereocenters. The van der Waals surface area contributed by atoms with Crippen molar-refractivity contribution in [2.75, 3.05) is 11.9 Å². The van der Waals surface area contributed by atoms with Crippen LogP contribution in [-0.2, 0) is 5.75 Å². The molecule has 0 radical (unpaired) electrons. The molecule has 1 N–H and O–H groups in total. The van der Waals surface area contributed by atoms with Gasteiger partial charge in [0.15, 0.2) is 4.34 Å². The van der Waals surface area contributed by atoms with Crippen molar-refractivity contribution >= 4 is 39.6 Å². The van der Waals surface area contributed by atoms with Gasteiger partial charge in [0.05, 0.1) is 5.75 Å². The van der Waals surface area contributed by atoms with Crippen molar-refractivity contribution in [3.8, 4) is 0 Å². The highest BCUT2D eigenvalue weighted by Crippen LogP contribution is 2.26. The summed E-state index contributed by atoms with van der Waals surface area (Å²) in [4.78, 5) is 0. The van der Waals surface area contributed by atoms with Crippen molar-refractivity contribution < 1.29 is 0 Å². The van der Waals surface area contributed by atoms with E-state index in [1.807, 2.05) is 0 Å². The van der Waals surface area contributed by atoms with Crippen LogP contribution in [0.4, 0.5) is 5.13 Å². The summed E-state index contributed by atoms with van der Waals surface area (Å²) in [6.45, 7) is 3.07. The predicted molar refractivity (Wildman–Crippen MR) is 68.2 cm³/mol. The molecule has 0 amide bonds. The van der Waals surface area contributed by atoms with Crippen molar-refractivity contribution in [2.45, 2.75) is 23.4 Å². The van der Waals surface area contributed by atoms with Crippen molar-refractivity contribution in [2.24, 2.45) is 0 Å². The number of aromatic nitrogens is 4. The maximum Gasteiger partial charge on any atom is 0.205 e. The van der Waals surface area contributed by atoms with Gasteiger partial charge < -0.3 is 5.32 Å². The van der Waals surface area contributed by atoms with E-state index in [0.29, 0.717) is 0 Å². The Kier molecular flexibility index (Phi) is 4.49. The average Bonchev–Trinajstić information content (AvgIpc) is 2.95. The molecule has 0 atom stereocenters. The van der Waals surface area contributed by atoms with E-state index in [2.05, 4.69) is 32.6 Å². The van der Waals surface area contributed by atoms with E-state index in [0.717, 1.165) is 33.2 Å². The van der Waals surface area contributed by atoms with Crippen LogP contribution in [0.3, 0.4) is 0 Å². The fourth-order valence-electron chi connectivity index (χ4n) is 0.965. The quantitative estimate of drug-likeness (QED) is 0.816. The number of hydrogen-bond acceptors (Lipinski definition) is 8. The summed E-state index contributed by atoms with van der Waals surface area (Å²) >= 11 is 4.78. The molecule has 0 aliphatic heterocycles. The summed E-state index contributed by atoms with van der Waals surface area (Å²) < 4.78 is 0.971. The molecular weight excluding hydrogens is 262 g/mol. The van der Waals surface area contributed by atoms with E-state index in [4.69, 9.17) is 0 Å². The summed E-state index contributed by atoms with van der Waals surface area (Å²) in [5.74, 6) is 0.806. The van der Waals surface area contributed by atoms with Crippen molar-refractivity contribution in [1.82, 2.24) is 20.4 Å². The van der Waals surface area contributed by atoms with Crippen LogP contribution in [0.1, 0.15) is 18.4 Å². The summed E-state index contributed by atoms with van der Waals surface area (Å²) in [5.41, 5.74) is 1.73. The first-order chi connectivity index (χ1) is 7.88. The number of thioether (sulfide) groups is 1. The Morgan fingerprint density at radius 2 is 2.31 bits per heavy atom. The van der Waals surface area contributed by atoms with Crippen molar-refractivity contribution in [1.29, 1.82) is 0 Å². The van der Waals surface area contributed by atoms with Gasteiger partial charge in [0.25, 0.3) is 0 Å². The molecule has 5 nitrogen and oxygen atoms in total. The number of rotatable bonds is 6. The third-order valence-corrected chi connectivity index (χ3v) is 4.59. The largest absolute Gasteiger partial charge is 0.360 e. The van der Waals surface area contributed by atoms with Gasteiger partial charge >= 0.3 is 0 Å². The molecule has 0 fully saturated rings. The smallest absolute Gasteiger partial charge is 0.205 e. The Balaban J connectivity index is 1.83. The highest BCUT2D eigenvalue weighted by atomic mass is 32.2. The SMILES string of the molecule is CCCNc1nnc(CSc2nncs2)s1. The van der Waals surface area contributed by atoms with Gasteiger partial charge in [-0.3, -0.25) is 0 Å². The Hall–Kier alpha value is -0.730. The number of anilines is 1. The Bertz CT molecular complexity index is 413. The first-order valence-corrected chi connectivity index (χ1v) is 7.52. The van der Waals surface area contributed by atoms with Crippen LogP contribution in [0.2, 0.25) is 0 Å². The van der Waals surface area contributed by atoms with Crippen LogP contribution in [0.5, 0.6) is 0 Å².